The van der Waals surface area contributed by atoms with Crippen molar-refractivity contribution in [2.24, 2.45) is 5.73 Å². The van der Waals surface area contributed by atoms with Crippen LogP contribution in [0.1, 0.15) is 6.92 Å². The minimum absolute atomic E-state index is 0.0776. The Morgan fingerprint density at radius 3 is 2.59 bits per heavy atom. The summed E-state index contributed by atoms with van der Waals surface area (Å²) >= 11 is 2.08. The van der Waals surface area contributed by atoms with E-state index in [2.05, 4.69) is 22.6 Å². The summed E-state index contributed by atoms with van der Waals surface area (Å²) in [7, 11) is -3.50. The van der Waals surface area contributed by atoms with E-state index in [1.807, 2.05) is 6.07 Å². The Morgan fingerprint density at radius 1 is 1.47 bits per heavy atom. The number of halogens is 1. The van der Waals surface area contributed by atoms with Gasteiger partial charge in [0.15, 0.2) is 0 Å². The summed E-state index contributed by atoms with van der Waals surface area (Å²) in [5.74, 6) is -0.757. The number of primary amides is 1. The van der Waals surface area contributed by atoms with E-state index in [0.29, 0.717) is 5.69 Å². The third kappa shape index (κ3) is 3.84. The first kappa shape index (κ1) is 14.2. The van der Waals surface area contributed by atoms with Crippen molar-refractivity contribution in [1.29, 1.82) is 0 Å². The van der Waals surface area contributed by atoms with Crippen LogP contribution in [-0.2, 0) is 14.8 Å². The van der Waals surface area contributed by atoms with Gasteiger partial charge in [0.25, 0.3) is 0 Å². The number of carbonyl (C=O) groups excluding carboxylic acids is 1. The minimum atomic E-state index is -3.50. The lowest BCUT2D eigenvalue weighted by Gasteiger charge is -2.22. The van der Waals surface area contributed by atoms with Gasteiger partial charge >= 0.3 is 0 Å². The molecule has 0 saturated carbocycles. The highest BCUT2D eigenvalue weighted by Gasteiger charge is 2.22. The SMILES string of the molecule is CCS(=O)(=O)N(CC(N)=O)c1cccc(I)c1. The quantitative estimate of drug-likeness (QED) is 0.786. The van der Waals surface area contributed by atoms with Crippen molar-refractivity contribution < 1.29 is 13.2 Å². The molecule has 1 rings (SSSR count). The molecule has 0 heterocycles. The normalized spacial score (nSPS) is 11.2. The van der Waals surface area contributed by atoms with Gasteiger partial charge < -0.3 is 5.73 Å². The molecule has 0 bridgehead atoms. The van der Waals surface area contributed by atoms with Crippen LogP contribution in [0.2, 0.25) is 0 Å². The monoisotopic (exact) mass is 368 g/mol. The zero-order chi connectivity index (χ0) is 13.1. The average Bonchev–Trinajstić information content (AvgIpc) is 2.25. The average molecular weight is 368 g/mol. The Balaban J connectivity index is 3.20. The van der Waals surface area contributed by atoms with Crippen LogP contribution < -0.4 is 10.0 Å². The van der Waals surface area contributed by atoms with E-state index in [9.17, 15) is 13.2 Å². The number of hydrogen-bond donors (Lipinski definition) is 1. The summed E-state index contributed by atoms with van der Waals surface area (Å²) in [5.41, 5.74) is 5.53. The highest BCUT2D eigenvalue weighted by molar-refractivity contribution is 14.1. The highest BCUT2D eigenvalue weighted by Crippen LogP contribution is 2.20. The van der Waals surface area contributed by atoms with Crippen LogP contribution in [0.25, 0.3) is 0 Å². The van der Waals surface area contributed by atoms with Gasteiger partial charge in [-0.05, 0) is 47.7 Å². The van der Waals surface area contributed by atoms with Gasteiger partial charge in [0.2, 0.25) is 15.9 Å². The van der Waals surface area contributed by atoms with Crippen LogP contribution in [0.4, 0.5) is 5.69 Å². The van der Waals surface area contributed by atoms with Gasteiger partial charge in [-0.1, -0.05) is 6.07 Å². The Bertz CT molecular complexity index is 516. The van der Waals surface area contributed by atoms with E-state index >= 15 is 0 Å². The molecule has 0 unspecified atom stereocenters. The number of benzene rings is 1. The molecule has 94 valence electrons. The van der Waals surface area contributed by atoms with Crippen molar-refractivity contribution in [3.8, 4) is 0 Å². The molecule has 0 spiro atoms. The number of amides is 1. The first-order chi connectivity index (χ1) is 7.86. The van der Waals surface area contributed by atoms with Gasteiger partial charge in [-0.2, -0.15) is 0 Å². The Kier molecular flexibility index (Phi) is 4.75. The second-order valence-electron chi connectivity index (χ2n) is 3.35. The predicted molar refractivity (Wildman–Crippen MR) is 75.2 cm³/mol. The molecule has 0 aromatic heterocycles. The second kappa shape index (κ2) is 5.67. The molecule has 1 aromatic carbocycles. The van der Waals surface area contributed by atoms with Crippen molar-refractivity contribution in [1.82, 2.24) is 0 Å². The number of anilines is 1. The van der Waals surface area contributed by atoms with Gasteiger partial charge in [-0.3, -0.25) is 9.10 Å². The molecular weight excluding hydrogens is 355 g/mol. The van der Waals surface area contributed by atoms with Crippen molar-refractivity contribution in [2.75, 3.05) is 16.6 Å². The molecular formula is C10H13IN2O3S. The van der Waals surface area contributed by atoms with E-state index in [1.54, 1.807) is 18.2 Å². The predicted octanol–water partition coefficient (Wildman–Crippen LogP) is 0.933. The van der Waals surface area contributed by atoms with Crippen molar-refractivity contribution in [3.63, 3.8) is 0 Å². The molecule has 7 heteroatoms. The van der Waals surface area contributed by atoms with Crippen molar-refractivity contribution >= 4 is 44.2 Å². The van der Waals surface area contributed by atoms with Crippen LogP contribution in [0.15, 0.2) is 24.3 Å². The number of hydrogen-bond acceptors (Lipinski definition) is 3. The lowest BCUT2D eigenvalue weighted by atomic mass is 10.3. The maximum atomic E-state index is 11.9. The zero-order valence-corrected chi connectivity index (χ0v) is 12.2. The summed E-state index contributed by atoms with van der Waals surface area (Å²) in [6.45, 7) is 1.19. The molecule has 0 aliphatic rings. The summed E-state index contributed by atoms with van der Waals surface area (Å²) < 4.78 is 25.7. The van der Waals surface area contributed by atoms with E-state index in [0.717, 1.165) is 7.88 Å². The summed E-state index contributed by atoms with van der Waals surface area (Å²) in [6.07, 6.45) is 0. The van der Waals surface area contributed by atoms with Crippen LogP contribution in [0, 0.1) is 3.57 Å². The topological polar surface area (TPSA) is 80.5 Å². The van der Waals surface area contributed by atoms with E-state index in [1.165, 1.54) is 6.92 Å². The largest absolute Gasteiger partial charge is 0.368 e. The van der Waals surface area contributed by atoms with Gasteiger partial charge in [-0.25, -0.2) is 8.42 Å². The third-order valence-electron chi connectivity index (χ3n) is 2.10. The number of rotatable bonds is 5. The van der Waals surface area contributed by atoms with Gasteiger partial charge in [0, 0.05) is 3.57 Å². The molecule has 0 atom stereocenters. The maximum Gasteiger partial charge on any atom is 0.238 e. The molecule has 2 N–H and O–H groups in total. The van der Waals surface area contributed by atoms with Crippen LogP contribution in [0.3, 0.4) is 0 Å². The molecule has 0 aliphatic carbocycles. The number of sulfonamides is 1. The summed E-state index contributed by atoms with van der Waals surface area (Å²) in [5, 5.41) is 0. The van der Waals surface area contributed by atoms with Gasteiger partial charge in [0.05, 0.1) is 11.4 Å². The van der Waals surface area contributed by atoms with Crippen LogP contribution in [0.5, 0.6) is 0 Å². The minimum Gasteiger partial charge on any atom is -0.368 e. The highest BCUT2D eigenvalue weighted by atomic mass is 127. The lowest BCUT2D eigenvalue weighted by Crippen LogP contribution is -2.39. The van der Waals surface area contributed by atoms with Crippen LogP contribution >= 0.6 is 22.6 Å². The Labute approximate surface area is 114 Å². The molecule has 0 radical (unpaired) electrons. The first-order valence-electron chi connectivity index (χ1n) is 4.91. The van der Waals surface area contributed by atoms with E-state index in [-0.39, 0.29) is 12.3 Å². The fourth-order valence-electron chi connectivity index (χ4n) is 1.28. The van der Waals surface area contributed by atoms with Gasteiger partial charge in [-0.15, -0.1) is 0 Å². The smallest absolute Gasteiger partial charge is 0.238 e. The zero-order valence-electron chi connectivity index (χ0n) is 9.26. The number of carbonyl (C=O) groups is 1. The van der Waals surface area contributed by atoms with Crippen molar-refractivity contribution in [3.05, 3.63) is 27.8 Å². The van der Waals surface area contributed by atoms with E-state index < -0.39 is 15.9 Å². The Hall–Kier alpha value is -0.830. The van der Waals surface area contributed by atoms with E-state index in [4.69, 9.17) is 5.73 Å². The molecule has 1 aromatic rings. The summed E-state index contributed by atoms with van der Waals surface area (Å²) in [6, 6.07) is 6.90. The third-order valence-corrected chi connectivity index (χ3v) is 4.51. The standard InChI is InChI=1S/C10H13IN2O3S/c1-2-17(15,16)13(7-10(12)14)9-5-3-4-8(11)6-9/h3-6H,2,7H2,1H3,(H2,12,14). The molecule has 1 amide bonds. The molecule has 17 heavy (non-hydrogen) atoms. The fraction of sp³-hybridized carbons (Fsp3) is 0.300. The van der Waals surface area contributed by atoms with Crippen LogP contribution in [-0.4, -0.2) is 26.6 Å². The Morgan fingerprint density at radius 2 is 2.12 bits per heavy atom. The van der Waals surface area contributed by atoms with Gasteiger partial charge in [0.1, 0.15) is 6.54 Å². The maximum absolute atomic E-state index is 11.9. The molecule has 0 fully saturated rings. The molecule has 0 aliphatic heterocycles. The lowest BCUT2D eigenvalue weighted by molar-refractivity contribution is -0.116. The fourth-order valence-corrected chi connectivity index (χ4v) is 2.88. The van der Waals surface area contributed by atoms with Crippen molar-refractivity contribution in [2.45, 2.75) is 6.92 Å². The number of nitrogens with two attached hydrogens (primary N) is 1. The summed E-state index contributed by atoms with van der Waals surface area (Å²) in [4.78, 5) is 10.9. The first-order valence-corrected chi connectivity index (χ1v) is 7.60. The molecule has 5 nitrogen and oxygen atoms in total. The molecule has 0 saturated heterocycles. The number of nitrogens with zero attached hydrogens (tertiary/aromatic N) is 1. The second-order valence-corrected chi connectivity index (χ2v) is 6.78.